The Morgan fingerprint density at radius 2 is 1.40 bits per heavy atom. The third-order valence-corrected chi connectivity index (χ3v) is 7.62. The Balaban J connectivity index is 0.000000359. The summed E-state index contributed by atoms with van der Waals surface area (Å²) in [6.07, 6.45) is -2.64. The molecular weight excluding hydrogens is 565 g/mol. The number of likely N-dealkylation sites (tertiary alicyclic amines) is 1. The second kappa shape index (κ2) is 13.7. The van der Waals surface area contributed by atoms with E-state index in [0.717, 1.165) is 23.3 Å². The maximum Gasteiger partial charge on any atom is 0.416 e. The average molecular weight is 599 g/mol. The number of carboxylic acids is 1. The highest BCUT2D eigenvalue weighted by molar-refractivity contribution is 5.89. The number of carbonyl (C=O) groups excluding carboxylic acids is 2. The molecule has 0 atom stereocenters. The number of aromatic carboxylic acids is 1. The Hall–Kier alpha value is -4.38. The monoisotopic (exact) mass is 598 g/mol. The first kappa shape index (κ1) is 31.6. The zero-order valence-corrected chi connectivity index (χ0v) is 23.7. The standard InChI is InChI=1S/C24H25F3N2O4.C8H8O2/c25-24(26,27)20-7-3-17(4-8-20)15-28-12-9-23(10-13-28)11-14-29(22(32)33-23)16-18-1-5-19(6-2-18)21(30)31;1-10-8(9)7-5-3-2-4-6-7/h1-8H,9-16H2,(H,30,31);2-6H,1H3. The first-order valence-corrected chi connectivity index (χ1v) is 13.8. The Morgan fingerprint density at radius 1 is 0.837 bits per heavy atom. The Kier molecular flexibility index (Phi) is 10.1. The fourth-order valence-electron chi connectivity index (χ4n) is 5.07. The molecule has 0 saturated carbocycles. The zero-order chi connectivity index (χ0) is 31.0. The quantitative estimate of drug-likeness (QED) is 0.335. The van der Waals surface area contributed by atoms with Gasteiger partial charge in [0.2, 0.25) is 0 Å². The zero-order valence-electron chi connectivity index (χ0n) is 23.7. The lowest BCUT2D eigenvalue weighted by molar-refractivity contribution is -0.137. The van der Waals surface area contributed by atoms with Crippen molar-refractivity contribution in [3.05, 3.63) is 107 Å². The number of hydrogen-bond acceptors (Lipinski definition) is 6. The van der Waals surface area contributed by atoms with E-state index in [2.05, 4.69) is 9.64 Å². The van der Waals surface area contributed by atoms with E-state index in [1.165, 1.54) is 31.4 Å². The number of carboxylic acid groups (broad SMARTS) is 1. The molecule has 0 aliphatic carbocycles. The molecule has 2 aliphatic heterocycles. The lowest BCUT2D eigenvalue weighted by Crippen LogP contribution is -2.54. The molecule has 228 valence electrons. The minimum absolute atomic E-state index is 0.196. The highest BCUT2D eigenvalue weighted by Crippen LogP contribution is 2.35. The fourth-order valence-corrected chi connectivity index (χ4v) is 5.07. The van der Waals surface area contributed by atoms with E-state index in [0.29, 0.717) is 57.5 Å². The van der Waals surface area contributed by atoms with Gasteiger partial charge in [0.25, 0.3) is 0 Å². The Morgan fingerprint density at radius 3 is 1.93 bits per heavy atom. The van der Waals surface area contributed by atoms with Gasteiger partial charge in [0.15, 0.2) is 0 Å². The largest absolute Gasteiger partial charge is 0.478 e. The summed E-state index contributed by atoms with van der Waals surface area (Å²) in [7, 11) is 1.37. The van der Waals surface area contributed by atoms with Gasteiger partial charge in [-0.15, -0.1) is 0 Å². The molecule has 2 heterocycles. The van der Waals surface area contributed by atoms with Crippen LogP contribution in [0.15, 0.2) is 78.9 Å². The third-order valence-electron chi connectivity index (χ3n) is 7.62. The van der Waals surface area contributed by atoms with Crippen LogP contribution in [0.1, 0.15) is 56.7 Å². The maximum absolute atomic E-state index is 12.7. The number of hydrogen-bond donors (Lipinski definition) is 1. The third kappa shape index (κ3) is 8.57. The number of ether oxygens (including phenoxy) is 2. The van der Waals surface area contributed by atoms with E-state index >= 15 is 0 Å². The number of nitrogens with zero attached hydrogens (tertiary/aromatic N) is 2. The van der Waals surface area contributed by atoms with Crippen molar-refractivity contribution in [2.24, 2.45) is 0 Å². The first-order valence-electron chi connectivity index (χ1n) is 13.8. The number of rotatable bonds is 6. The van der Waals surface area contributed by atoms with Crippen LogP contribution in [0.4, 0.5) is 18.0 Å². The van der Waals surface area contributed by atoms with Crippen molar-refractivity contribution in [1.29, 1.82) is 0 Å². The van der Waals surface area contributed by atoms with Crippen molar-refractivity contribution < 1.29 is 42.1 Å². The van der Waals surface area contributed by atoms with Crippen LogP contribution in [0, 0.1) is 0 Å². The van der Waals surface area contributed by atoms with Crippen LogP contribution in [0.3, 0.4) is 0 Å². The molecule has 1 amide bonds. The van der Waals surface area contributed by atoms with E-state index in [9.17, 15) is 27.6 Å². The van der Waals surface area contributed by atoms with Crippen LogP contribution >= 0.6 is 0 Å². The predicted octanol–water partition coefficient (Wildman–Crippen LogP) is 6.25. The summed E-state index contributed by atoms with van der Waals surface area (Å²) in [6, 6.07) is 20.5. The van der Waals surface area contributed by atoms with Crippen LogP contribution < -0.4 is 0 Å². The summed E-state index contributed by atoms with van der Waals surface area (Å²) < 4.78 is 48.5. The van der Waals surface area contributed by atoms with Gasteiger partial charge in [0, 0.05) is 52.0 Å². The molecule has 0 radical (unpaired) electrons. The molecule has 0 aromatic heterocycles. The normalized spacial score (nSPS) is 16.6. The van der Waals surface area contributed by atoms with Crippen molar-refractivity contribution in [2.45, 2.75) is 44.1 Å². The van der Waals surface area contributed by atoms with Crippen molar-refractivity contribution >= 4 is 18.0 Å². The van der Waals surface area contributed by atoms with E-state index in [1.54, 1.807) is 41.3 Å². The van der Waals surface area contributed by atoms with E-state index in [4.69, 9.17) is 9.84 Å². The molecule has 1 N–H and O–H groups in total. The number of alkyl halides is 3. The fraction of sp³-hybridized carbons (Fsp3) is 0.344. The Labute approximate surface area is 247 Å². The molecule has 0 unspecified atom stereocenters. The minimum atomic E-state index is -4.34. The summed E-state index contributed by atoms with van der Waals surface area (Å²) in [5, 5.41) is 8.99. The number of methoxy groups -OCH3 is 1. The van der Waals surface area contributed by atoms with Gasteiger partial charge in [-0.05, 0) is 47.5 Å². The summed E-state index contributed by atoms with van der Waals surface area (Å²) in [5.74, 6) is -1.29. The van der Waals surface area contributed by atoms with Crippen LogP contribution in [-0.2, 0) is 28.7 Å². The molecule has 3 aromatic carbocycles. The van der Waals surface area contributed by atoms with Crippen LogP contribution in [0.25, 0.3) is 0 Å². The number of esters is 1. The molecule has 0 bridgehead atoms. The summed E-state index contributed by atoms with van der Waals surface area (Å²) >= 11 is 0. The average Bonchev–Trinajstić information content (AvgIpc) is 3.00. The summed E-state index contributed by atoms with van der Waals surface area (Å²) in [5.41, 5.74) is 1.28. The number of carbonyl (C=O) groups is 3. The highest BCUT2D eigenvalue weighted by Gasteiger charge is 2.43. The number of amides is 1. The van der Waals surface area contributed by atoms with E-state index in [-0.39, 0.29) is 17.6 Å². The number of halogens is 3. The number of piperidine rings is 1. The SMILES string of the molecule is COC(=O)c1ccccc1.O=C(O)c1ccc(CN2CCC3(CCN(Cc4ccc(C(F)(F)F)cc4)CC3)OC2=O)cc1. The lowest BCUT2D eigenvalue weighted by atomic mass is 9.86. The van der Waals surface area contributed by atoms with E-state index in [1.807, 2.05) is 6.07 Å². The Bertz CT molecular complexity index is 1390. The first-order chi connectivity index (χ1) is 20.5. The number of benzene rings is 3. The maximum atomic E-state index is 12.7. The van der Waals surface area contributed by atoms with E-state index < -0.39 is 23.3 Å². The van der Waals surface area contributed by atoms with Gasteiger partial charge < -0.3 is 19.5 Å². The van der Waals surface area contributed by atoms with Crippen LogP contribution in [-0.4, -0.2) is 65.3 Å². The van der Waals surface area contributed by atoms with Gasteiger partial charge in [0.1, 0.15) is 5.60 Å². The molecule has 2 fully saturated rings. The molecule has 5 rings (SSSR count). The molecule has 2 saturated heterocycles. The van der Waals surface area contributed by atoms with Gasteiger partial charge in [-0.3, -0.25) is 4.90 Å². The van der Waals surface area contributed by atoms with Crippen molar-refractivity contribution in [3.63, 3.8) is 0 Å². The second-order valence-corrected chi connectivity index (χ2v) is 10.6. The van der Waals surface area contributed by atoms with Gasteiger partial charge in [-0.2, -0.15) is 13.2 Å². The van der Waals surface area contributed by atoms with Gasteiger partial charge >= 0.3 is 24.2 Å². The smallest absolute Gasteiger partial charge is 0.416 e. The van der Waals surface area contributed by atoms with Gasteiger partial charge in [-0.25, -0.2) is 14.4 Å². The second-order valence-electron chi connectivity index (χ2n) is 10.6. The molecule has 11 heteroatoms. The summed E-state index contributed by atoms with van der Waals surface area (Å²) in [4.78, 5) is 38.2. The van der Waals surface area contributed by atoms with Gasteiger partial charge in [0.05, 0.1) is 23.8 Å². The van der Waals surface area contributed by atoms with Crippen LogP contribution in [0.5, 0.6) is 0 Å². The van der Waals surface area contributed by atoms with Crippen molar-refractivity contribution in [3.8, 4) is 0 Å². The molecule has 8 nitrogen and oxygen atoms in total. The molecule has 43 heavy (non-hydrogen) atoms. The molecular formula is C32H33F3N2O6. The molecule has 3 aromatic rings. The molecule has 2 aliphatic rings. The molecule has 1 spiro atoms. The predicted molar refractivity (Wildman–Crippen MR) is 151 cm³/mol. The summed E-state index contributed by atoms with van der Waals surface area (Å²) in [6.45, 7) is 2.86. The minimum Gasteiger partial charge on any atom is -0.478 e. The van der Waals surface area contributed by atoms with Crippen molar-refractivity contribution in [1.82, 2.24) is 9.80 Å². The lowest BCUT2D eigenvalue weighted by Gasteiger charge is -2.46. The van der Waals surface area contributed by atoms with Crippen LogP contribution in [0.2, 0.25) is 0 Å². The topological polar surface area (TPSA) is 96.4 Å². The highest BCUT2D eigenvalue weighted by atomic mass is 19.4. The van der Waals surface area contributed by atoms with Gasteiger partial charge in [-0.1, -0.05) is 42.5 Å². The van der Waals surface area contributed by atoms with Crippen molar-refractivity contribution in [2.75, 3.05) is 26.7 Å².